The van der Waals surface area contributed by atoms with Crippen molar-refractivity contribution in [3.8, 4) is 0 Å². The van der Waals surface area contributed by atoms with Crippen molar-refractivity contribution < 1.29 is 29.7 Å². The topological polar surface area (TPSA) is 112 Å². The van der Waals surface area contributed by atoms with E-state index in [1.807, 2.05) is 0 Å². The molecule has 18 heavy (non-hydrogen) atoms. The SMILES string of the molecule is CC(CC(=O)O)C1(C(=O)O)CCCCC1C(=O)O. The van der Waals surface area contributed by atoms with E-state index in [1.54, 1.807) is 0 Å². The lowest BCUT2D eigenvalue weighted by molar-refractivity contribution is -0.172. The van der Waals surface area contributed by atoms with Gasteiger partial charge in [0.25, 0.3) is 0 Å². The fraction of sp³-hybridized carbons (Fsp3) is 0.750. The van der Waals surface area contributed by atoms with Crippen molar-refractivity contribution in [2.24, 2.45) is 17.3 Å². The molecule has 6 heteroatoms. The summed E-state index contributed by atoms with van der Waals surface area (Å²) in [5.41, 5.74) is -1.46. The molecule has 3 unspecified atom stereocenters. The Kier molecular flexibility index (Phi) is 4.32. The van der Waals surface area contributed by atoms with E-state index in [0.29, 0.717) is 19.3 Å². The van der Waals surface area contributed by atoms with E-state index >= 15 is 0 Å². The van der Waals surface area contributed by atoms with Crippen molar-refractivity contribution in [1.82, 2.24) is 0 Å². The van der Waals surface area contributed by atoms with Gasteiger partial charge in [-0.05, 0) is 18.8 Å². The van der Waals surface area contributed by atoms with Crippen molar-refractivity contribution >= 4 is 17.9 Å². The molecule has 3 atom stereocenters. The first-order chi connectivity index (χ1) is 8.32. The molecule has 0 spiro atoms. The van der Waals surface area contributed by atoms with Crippen molar-refractivity contribution in [3.63, 3.8) is 0 Å². The van der Waals surface area contributed by atoms with Crippen molar-refractivity contribution in [2.45, 2.75) is 39.0 Å². The summed E-state index contributed by atoms with van der Waals surface area (Å²) in [5.74, 6) is -5.14. The van der Waals surface area contributed by atoms with E-state index < -0.39 is 35.2 Å². The van der Waals surface area contributed by atoms with E-state index in [9.17, 15) is 24.6 Å². The number of hydrogen-bond donors (Lipinski definition) is 3. The van der Waals surface area contributed by atoms with Crippen LogP contribution in [0, 0.1) is 17.3 Å². The summed E-state index contributed by atoms with van der Waals surface area (Å²) in [4.78, 5) is 33.6. The fourth-order valence-electron chi connectivity index (χ4n) is 3.04. The minimum absolute atomic E-state index is 0.230. The highest BCUT2D eigenvalue weighted by atomic mass is 16.4. The van der Waals surface area contributed by atoms with Gasteiger partial charge in [-0.15, -0.1) is 0 Å². The van der Waals surface area contributed by atoms with Crippen LogP contribution >= 0.6 is 0 Å². The Bertz CT molecular complexity index is 364. The van der Waals surface area contributed by atoms with Gasteiger partial charge in [-0.1, -0.05) is 19.8 Å². The molecule has 3 N–H and O–H groups in total. The maximum Gasteiger partial charge on any atom is 0.310 e. The summed E-state index contributed by atoms with van der Waals surface area (Å²) in [6.07, 6.45) is 1.50. The number of hydrogen-bond acceptors (Lipinski definition) is 3. The largest absolute Gasteiger partial charge is 0.481 e. The van der Waals surface area contributed by atoms with Crippen LogP contribution in [0.2, 0.25) is 0 Å². The zero-order chi connectivity index (χ0) is 13.9. The van der Waals surface area contributed by atoms with Gasteiger partial charge in [0.2, 0.25) is 0 Å². The van der Waals surface area contributed by atoms with Crippen molar-refractivity contribution in [2.75, 3.05) is 0 Å². The van der Waals surface area contributed by atoms with Crippen LogP contribution in [0.5, 0.6) is 0 Å². The standard InChI is InChI=1S/C12H18O6/c1-7(6-9(13)14)12(11(17)18)5-3-2-4-8(12)10(15)16/h7-8H,2-6H2,1H3,(H,13,14)(H,15,16)(H,17,18). The molecule has 0 aromatic carbocycles. The number of carboxylic acid groups (broad SMARTS) is 3. The van der Waals surface area contributed by atoms with Crippen LogP contribution < -0.4 is 0 Å². The third-order valence-electron chi connectivity index (χ3n) is 4.01. The molecule has 1 saturated carbocycles. The van der Waals surface area contributed by atoms with Crippen LogP contribution in [0.25, 0.3) is 0 Å². The van der Waals surface area contributed by atoms with Crippen LogP contribution in [0.15, 0.2) is 0 Å². The zero-order valence-corrected chi connectivity index (χ0v) is 10.3. The predicted octanol–water partition coefficient (Wildman–Crippen LogP) is 1.44. The molecule has 0 aromatic heterocycles. The highest BCUT2D eigenvalue weighted by molar-refractivity contribution is 5.84. The van der Waals surface area contributed by atoms with Gasteiger partial charge in [-0.25, -0.2) is 0 Å². The summed E-state index contributed by atoms with van der Waals surface area (Å²) < 4.78 is 0. The first-order valence-electron chi connectivity index (χ1n) is 6.00. The second-order valence-electron chi connectivity index (χ2n) is 4.98. The summed E-state index contributed by atoms with van der Waals surface area (Å²) in [6.45, 7) is 1.52. The van der Waals surface area contributed by atoms with Crippen LogP contribution in [0.1, 0.15) is 39.0 Å². The molecule has 0 saturated heterocycles. The van der Waals surface area contributed by atoms with Gasteiger partial charge in [0.05, 0.1) is 11.3 Å². The molecule has 6 nitrogen and oxygen atoms in total. The van der Waals surface area contributed by atoms with Gasteiger partial charge in [0, 0.05) is 6.42 Å². The maximum atomic E-state index is 11.6. The van der Waals surface area contributed by atoms with Crippen LogP contribution in [-0.4, -0.2) is 33.2 Å². The molecular formula is C12H18O6. The van der Waals surface area contributed by atoms with Crippen molar-refractivity contribution in [3.05, 3.63) is 0 Å². The molecule has 102 valence electrons. The average molecular weight is 258 g/mol. The third kappa shape index (κ3) is 2.47. The highest BCUT2D eigenvalue weighted by Gasteiger charge is 2.54. The smallest absolute Gasteiger partial charge is 0.310 e. The Hall–Kier alpha value is -1.59. The van der Waals surface area contributed by atoms with Crippen molar-refractivity contribution in [1.29, 1.82) is 0 Å². The van der Waals surface area contributed by atoms with E-state index in [1.165, 1.54) is 6.92 Å². The Balaban J connectivity index is 3.13. The Morgan fingerprint density at radius 2 is 1.83 bits per heavy atom. The number of rotatable bonds is 5. The van der Waals surface area contributed by atoms with Gasteiger partial charge < -0.3 is 15.3 Å². The van der Waals surface area contributed by atoms with Crippen LogP contribution in [-0.2, 0) is 14.4 Å². The molecule has 1 aliphatic rings. The first-order valence-corrected chi connectivity index (χ1v) is 6.00. The lowest BCUT2D eigenvalue weighted by Gasteiger charge is -2.42. The van der Waals surface area contributed by atoms with Gasteiger partial charge in [0.1, 0.15) is 0 Å². The number of carbonyl (C=O) groups is 3. The monoisotopic (exact) mass is 258 g/mol. The summed E-state index contributed by atoms with van der Waals surface area (Å²) in [5, 5.41) is 27.4. The average Bonchev–Trinajstić information content (AvgIpc) is 2.27. The summed E-state index contributed by atoms with van der Waals surface area (Å²) in [7, 11) is 0. The molecular weight excluding hydrogens is 240 g/mol. The molecule has 1 rings (SSSR count). The first kappa shape index (κ1) is 14.5. The third-order valence-corrected chi connectivity index (χ3v) is 4.01. The van der Waals surface area contributed by atoms with Crippen LogP contribution in [0.3, 0.4) is 0 Å². The Labute approximate surface area is 105 Å². The Morgan fingerprint density at radius 1 is 1.22 bits per heavy atom. The minimum atomic E-state index is -1.46. The molecule has 0 bridgehead atoms. The molecule has 0 aromatic rings. The van der Waals surface area contributed by atoms with E-state index in [4.69, 9.17) is 5.11 Å². The molecule has 0 aliphatic heterocycles. The second kappa shape index (κ2) is 5.37. The lowest BCUT2D eigenvalue weighted by atomic mass is 9.59. The quantitative estimate of drug-likeness (QED) is 0.688. The minimum Gasteiger partial charge on any atom is -0.481 e. The maximum absolute atomic E-state index is 11.6. The number of carboxylic acids is 3. The molecule has 0 radical (unpaired) electrons. The fourth-order valence-corrected chi connectivity index (χ4v) is 3.04. The van der Waals surface area contributed by atoms with E-state index in [2.05, 4.69) is 0 Å². The molecule has 1 fully saturated rings. The van der Waals surface area contributed by atoms with Gasteiger partial charge >= 0.3 is 17.9 Å². The number of aliphatic carboxylic acids is 3. The molecule has 1 aliphatic carbocycles. The highest BCUT2D eigenvalue weighted by Crippen LogP contribution is 2.48. The molecule has 0 amide bonds. The van der Waals surface area contributed by atoms with E-state index in [0.717, 1.165) is 0 Å². The second-order valence-corrected chi connectivity index (χ2v) is 4.98. The Morgan fingerprint density at radius 3 is 2.28 bits per heavy atom. The van der Waals surface area contributed by atoms with Gasteiger partial charge in [-0.2, -0.15) is 0 Å². The van der Waals surface area contributed by atoms with E-state index in [-0.39, 0.29) is 12.8 Å². The lowest BCUT2D eigenvalue weighted by Crippen LogP contribution is -2.49. The zero-order valence-electron chi connectivity index (χ0n) is 10.3. The summed E-state index contributed by atoms with van der Waals surface area (Å²) >= 11 is 0. The van der Waals surface area contributed by atoms with Gasteiger partial charge in [-0.3, -0.25) is 14.4 Å². The normalized spacial score (nSPS) is 29.5. The van der Waals surface area contributed by atoms with Crippen LogP contribution in [0.4, 0.5) is 0 Å². The molecule has 0 heterocycles. The summed E-state index contributed by atoms with van der Waals surface area (Å²) in [6, 6.07) is 0. The van der Waals surface area contributed by atoms with Gasteiger partial charge in [0.15, 0.2) is 0 Å². The predicted molar refractivity (Wildman–Crippen MR) is 61.1 cm³/mol.